The number of nitrogens with one attached hydrogen (secondary N) is 2. The molecule has 34 heavy (non-hydrogen) atoms. The first-order chi connectivity index (χ1) is 16.6. The van der Waals surface area contributed by atoms with E-state index in [4.69, 9.17) is 21.1 Å². The minimum atomic E-state index is -0.410. The van der Waals surface area contributed by atoms with Crippen molar-refractivity contribution in [3.63, 3.8) is 0 Å². The number of carbonyl (C=O) groups excluding carboxylic acids is 2. The SMILES string of the molecule is O=C(NCC1CCCO1)C(=Cc1cccc(Oc2ccccc2)c1)NC(=O)c1ccc(Cl)cc1. The van der Waals surface area contributed by atoms with Gasteiger partial charge < -0.3 is 20.1 Å². The molecule has 1 atom stereocenters. The predicted octanol–water partition coefficient (Wildman–Crippen LogP) is 5.20. The Morgan fingerprint density at radius 2 is 1.76 bits per heavy atom. The Morgan fingerprint density at radius 1 is 1.00 bits per heavy atom. The Hall–Kier alpha value is -3.61. The molecule has 1 heterocycles. The third-order valence-corrected chi connectivity index (χ3v) is 5.51. The minimum Gasteiger partial charge on any atom is -0.457 e. The van der Waals surface area contributed by atoms with Crippen LogP contribution in [0.25, 0.3) is 6.08 Å². The van der Waals surface area contributed by atoms with Crippen LogP contribution in [0.3, 0.4) is 0 Å². The lowest BCUT2D eigenvalue weighted by molar-refractivity contribution is -0.118. The largest absolute Gasteiger partial charge is 0.457 e. The Kier molecular flexibility index (Phi) is 7.96. The normalized spacial score (nSPS) is 15.6. The number of carbonyl (C=O) groups is 2. The summed E-state index contributed by atoms with van der Waals surface area (Å²) in [5.74, 6) is 0.511. The van der Waals surface area contributed by atoms with Crippen LogP contribution in [0, 0.1) is 0 Å². The van der Waals surface area contributed by atoms with Crippen molar-refractivity contribution in [1.29, 1.82) is 0 Å². The van der Waals surface area contributed by atoms with Gasteiger partial charge in [0.15, 0.2) is 0 Å². The molecular weight excluding hydrogens is 452 g/mol. The standard InChI is InChI=1S/C27H25ClN2O4/c28-21-13-11-20(12-14-21)26(31)30-25(27(32)29-18-24-10-5-15-33-24)17-19-6-4-9-23(16-19)34-22-7-2-1-3-8-22/h1-4,6-9,11-14,16-17,24H,5,10,15,18H2,(H,29,32)(H,30,31). The lowest BCUT2D eigenvalue weighted by atomic mass is 10.1. The summed E-state index contributed by atoms with van der Waals surface area (Å²) >= 11 is 5.93. The molecule has 3 aromatic carbocycles. The summed E-state index contributed by atoms with van der Waals surface area (Å²) in [6.45, 7) is 1.08. The fourth-order valence-corrected chi connectivity index (χ4v) is 3.65. The van der Waals surface area contributed by atoms with Crippen molar-refractivity contribution in [2.24, 2.45) is 0 Å². The maximum Gasteiger partial charge on any atom is 0.267 e. The molecule has 2 N–H and O–H groups in total. The highest BCUT2D eigenvalue weighted by molar-refractivity contribution is 6.30. The van der Waals surface area contributed by atoms with Crippen LogP contribution in [0.1, 0.15) is 28.8 Å². The van der Waals surface area contributed by atoms with Gasteiger partial charge in [-0.2, -0.15) is 0 Å². The van der Waals surface area contributed by atoms with Crippen LogP contribution in [-0.4, -0.2) is 31.1 Å². The van der Waals surface area contributed by atoms with E-state index in [2.05, 4.69) is 10.6 Å². The second kappa shape index (κ2) is 11.5. The number of amides is 2. The zero-order chi connectivity index (χ0) is 23.8. The smallest absolute Gasteiger partial charge is 0.267 e. The summed E-state index contributed by atoms with van der Waals surface area (Å²) in [4.78, 5) is 25.8. The average Bonchev–Trinajstić information content (AvgIpc) is 3.37. The number of hydrogen-bond donors (Lipinski definition) is 2. The molecule has 0 aromatic heterocycles. The average molecular weight is 477 g/mol. The van der Waals surface area contributed by atoms with E-state index >= 15 is 0 Å². The van der Waals surface area contributed by atoms with Gasteiger partial charge >= 0.3 is 0 Å². The zero-order valence-electron chi connectivity index (χ0n) is 18.5. The van der Waals surface area contributed by atoms with Crippen LogP contribution in [0.4, 0.5) is 0 Å². The van der Waals surface area contributed by atoms with Gasteiger partial charge in [0.05, 0.1) is 6.10 Å². The molecule has 3 aromatic rings. The molecule has 0 bridgehead atoms. The number of rotatable bonds is 8. The molecule has 1 aliphatic heterocycles. The molecule has 0 spiro atoms. The van der Waals surface area contributed by atoms with Crippen LogP contribution in [0.5, 0.6) is 11.5 Å². The van der Waals surface area contributed by atoms with Gasteiger partial charge in [-0.15, -0.1) is 0 Å². The van der Waals surface area contributed by atoms with Crippen LogP contribution < -0.4 is 15.4 Å². The van der Waals surface area contributed by atoms with Crippen molar-refractivity contribution < 1.29 is 19.1 Å². The van der Waals surface area contributed by atoms with E-state index in [1.807, 2.05) is 48.5 Å². The highest BCUT2D eigenvalue weighted by atomic mass is 35.5. The van der Waals surface area contributed by atoms with Gasteiger partial charge in [-0.3, -0.25) is 9.59 Å². The highest BCUT2D eigenvalue weighted by Crippen LogP contribution is 2.23. The number of benzene rings is 3. The first-order valence-corrected chi connectivity index (χ1v) is 11.5. The van der Waals surface area contributed by atoms with Crippen LogP contribution >= 0.6 is 11.6 Å². The summed E-state index contributed by atoms with van der Waals surface area (Å²) in [6.07, 6.45) is 3.48. The second-order valence-corrected chi connectivity index (χ2v) is 8.29. The number of halogens is 1. The van der Waals surface area contributed by atoms with Crippen LogP contribution in [0.15, 0.2) is 84.6 Å². The molecular formula is C27H25ClN2O4. The summed E-state index contributed by atoms with van der Waals surface area (Å²) in [5, 5.41) is 6.12. The van der Waals surface area contributed by atoms with Gasteiger partial charge in [0.1, 0.15) is 17.2 Å². The Balaban J connectivity index is 1.54. The topological polar surface area (TPSA) is 76.7 Å². The lowest BCUT2D eigenvalue weighted by Crippen LogP contribution is -2.38. The maximum atomic E-state index is 13.0. The van der Waals surface area contributed by atoms with E-state index in [-0.39, 0.29) is 11.8 Å². The summed E-state index contributed by atoms with van der Waals surface area (Å²) in [6, 6.07) is 23.2. The fraction of sp³-hybridized carbons (Fsp3) is 0.185. The third-order valence-electron chi connectivity index (χ3n) is 5.26. The van der Waals surface area contributed by atoms with Crippen molar-refractivity contribution in [2.75, 3.05) is 13.2 Å². The molecule has 0 saturated carbocycles. The molecule has 1 unspecified atom stereocenters. The molecule has 0 radical (unpaired) electrons. The zero-order valence-corrected chi connectivity index (χ0v) is 19.3. The van der Waals surface area contributed by atoms with E-state index in [0.29, 0.717) is 40.8 Å². The van der Waals surface area contributed by atoms with Gasteiger partial charge in [-0.25, -0.2) is 0 Å². The lowest BCUT2D eigenvalue weighted by Gasteiger charge is -2.14. The third kappa shape index (κ3) is 6.70. The van der Waals surface area contributed by atoms with E-state index in [0.717, 1.165) is 12.8 Å². The van der Waals surface area contributed by atoms with Crippen LogP contribution in [-0.2, 0) is 9.53 Å². The van der Waals surface area contributed by atoms with E-state index in [9.17, 15) is 9.59 Å². The fourth-order valence-electron chi connectivity index (χ4n) is 3.52. The van der Waals surface area contributed by atoms with Crippen molar-refractivity contribution in [3.05, 3.63) is 101 Å². The summed E-state index contributed by atoms with van der Waals surface area (Å²) in [5.41, 5.74) is 1.21. The maximum absolute atomic E-state index is 13.0. The monoisotopic (exact) mass is 476 g/mol. The Morgan fingerprint density at radius 3 is 2.50 bits per heavy atom. The van der Waals surface area contributed by atoms with Crippen molar-refractivity contribution in [2.45, 2.75) is 18.9 Å². The molecule has 174 valence electrons. The first kappa shape index (κ1) is 23.5. The molecule has 1 saturated heterocycles. The minimum absolute atomic E-state index is 0.0141. The van der Waals surface area contributed by atoms with E-state index in [1.54, 1.807) is 36.4 Å². The van der Waals surface area contributed by atoms with Crippen molar-refractivity contribution in [3.8, 4) is 11.5 Å². The van der Waals surface area contributed by atoms with Gasteiger partial charge in [0.2, 0.25) is 0 Å². The molecule has 0 aliphatic carbocycles. The van der Waals surface area contributed by atoms with E-state index < -0.39 is 11.8 Å². The Bertz CT molecular complexity index is 1160. The van der Waals surface area contributed by atoms with Gasteiger partial charge in [0.25, 0.3) is 11.8 Å². The molecule has 6 nitrogen and oxygen atoms in total. The molecule has 2 amide bonds. The number of ether oxygens (including phenoxy) is 2. The molecule has 1 fully saturated rings. The van der Waals surface area contributed by atoms with Crippen molar-refractivity contribution in [1.82, 2.24) is 10.6 Å². The molecule has 1 aliphatic rings. The summed E-state index contributed by atoms with van der Waals surface area (Å²) in [7, 11) is 0. The summed E-state index contributed by atoms with van der Waals surface area (Å²) < 4.78 is 11.5. The quantitative estimate of drug-likeness (QED) is 0.438. The van der Waals surface area contributed by atoms with Crippen molar-refractivity contribution >= 4 is 29.5 Å². The number of hydrogen-bond acceptors (Lipinski definition) is 4. The molecule has 4 rings (SSSR count). The first-order valence-electron chi connectivity index (χ1n) is 11.1. The van der Waals surface area contributed by atoms with Gasteiger partial charge in [-0.1, -0.05) is 41.9 Å². The number of para-hydroxylation sites is 1. The van der Waals surface area contributed by atoms with Gasteiger partial charge in [-0.05, 0) is 73.0 Å². The van der Waals surface area contributed by atoms with E-state index in [1.165, 1.54) is 0 Å². The van der Waals surface area contributed by atoms with Gasteiger partial charge in [0, 0.05) is 23.7 Å². The van der Waals surface area contributed by atoms with Crippen LogP contribution in [0.2, 0.25) is 5.02 Å². The Labute approximate surface area is 203 Å². The second-order valence-electron chi connectivity index (χ2n) is 7.85. The molecule has 7 heteroatoms. The highest BCUT2D eigenvalue weighted by Gasteiger charge is 2.19. The predicted molar refractivity (Wildman–Crippen MR) is 132 cm³/mol.